The monoisotopic (exact) mass is 471 g/mol. The van der Waals surface area contributed by atoms with Gasteiger partial charge in [0.1, 0.15) is 5.75 Å². The Morgan fingerprint density at radius 2 is 1.85 bits per heavy atom. The van der Waals surface area contributed by atoms with Crippen LogP contribution in [0, 0.1) is 6.92 Å². The number of rotatable bonds is 6. The summed E-state index contributed by atoms with van der Waals surface area (Å²) in [6, 6.07) is 22.1. The lowest BCUT2D eigenvalue weighted by Crippen LogP contribution is -2.22. The van der Waals surface area contributed by atoms with Crippen molar-refractivity contribution < 1.29 is 9.53 Å². The second kappa shape index (κ2) is 9.03. The van der Waals surface area contributed by atoms with E-state index in [0.717, 1.165) is 11.3 Å². The fourth-order valence-corrected chi connectivity index (χ4v) is 4.54. The van der Waals surface area contributed by atoms with E-state index in [1.165, 1.54) is 16.3 Å². The van der Waals surface area contributed by atoms with Gasteiger partial charge in [0.15, 0.2) is 5.16 Å². The maximum atomic E-state index is 13.4. The minimum Gasteiger partial charge on any atom is -0.497 e. The second-order valence-corrected chi connectivity index (χ2v) is 8.63. The molecule has 2 heterocycles. The van der Waals surface area contributed by atoms with Crippen molar-refractivity contribution in [2.24, 2.45) is 0 Å². The normalized spacial score (nSPS) is 11.1. The second-order valence-electron chi connectivity index (χ2n) is 7.68. The van der Waals surface area contributed by atoms with Gasteiger partial charge in [0.2, 0.25) is 11.7 Å². The molecule has 0 saturated heterocycles. The first-order valence-corrected chi connectivity index (χ1v) is 11.6. The molecule has 5 rings (SSSR count). The molecule has 0 fully saturated rings. The number of nitrogens with one attached hydrogen (secondary N) is 1. The Morgan fingerprint density at radius 1 is 1.03 bits per heavy atom. The maximum absolute atomic E-state index is 13.4. The summed E-state index contributed by atoms with van der Waals surface area (Å²) in [6.07, 6.45) is 0. The van der Waals surface area contributed by atoms with E-state index in [4.69, 9.17) is 4.74 Å². The molecule has 34 heavy (non-hydrogen) atoms. The first kappa shape index (κ1) is 21.7. The molecule has 1 amide bonds. The van der Waals surface area contributed by atoms with E-state index in [0.29, 0.717) is 33.3 Å². The summed E-state index contributed by atoms with van der Waals surface area (Å²) in [4.78, 5) is 26.0. The Bertz CT molecular complexity index is 1590. The summed E-state index contributed by atoms with van der Waals surface area (Å²) in [6.45, 7) is 1.97. The average molecular weight is 472 g/mol. The molecule has 0 saturated carbocycles. The molecule has 3 aromatic carbocycles. The molecule has 8 nitrogen and oxygen atoms in total. The predicted octanol–water partition coefficient (Wildman–Crippen LogP) is 4.08. The lowest BCUT2D eigenvalue weighted by molar-refractivity contribution is -0.113. The minimum absolute atomic E-state index is 0.140. The van der Waals surface area contributed by atoms with Crippen LogP contribution in [-0.4, -0.2) is 37.9 Å². The molecule has 0 aliphatic rings. The molecule has 170 valence electrons. The zero-order chi connectivity index (χ0) is 23.7. The number of hydrogen-bond donors (Lipinski definition) is 1. The molecule has 0 aliphatic carbocycles. The third-order valence-electron chi connectivity index (χ3n) is 5.34. The van der Waals surface area contributed by atoms with Crippen LogP contribution in [0.5, 0.6) is 5.75 Å². The number of anilines is 1. The van der Waals surface area contributed by atoms with E-state index in [1.54, 1.807) is 23.6 Å². The van der Waals surface area contributed by atoms with E-state index < -0.39 is 0 Å². The molecule has 0 unspecified atom stereocenters. The third-order valence-corrected chi connectivity index (χ3v) is 6.27. The molecule has 0 aliphatic heterocycles. The minimum atomic E-state index is -0.211. The summed E-state index contributed by atoms with van der Waals surface area (Å²) in [5.41, 5.74) is 2.89. The Hall–Kier alpha value is -4.11. The van der Waals surface area contributed by atoms with E-state index in [2.05, 4.69) is 15.5 Å². The highest BCUT2D eigenvalue weighted by molar-refractivity contribution is 7.99. The summed E-state index contributed by atoms with van der Waals surface area (Å²) < 4.78 is 8.65. The van der Waals surface area contributed by atoms with Crippen LogP contribution >= 0.6 is 11.8 Å². The molecule has 5 aromatic rings. The van der Waals surface area contributed by atoms with Gasteiger partial charge in [-0.25, -0.2) is 4.57 Å². The Labute approximate surface area is 199 Å². The number of ether oxygens (including phenoxy) is 1. The van der Waals surface area contributed by atoms with Crippen LogP contribution in [0.15, 0.2) is 82.7 Å². The number of carbonyl (C=O) groups is 1. The molecule has 0 radical (unpaired) electrons. The van der Waals surface area contributed by atoms with Gasteiger partial charge in [-0.1, -0.05) is 42.1 Å². The number of hydrogen-bond acceptors (Lipinski definition) is 6. The summed E-state index contributed by atoms with van der Waals surface area (Å²) in [7, 11) is 1.57. The number of nitrogens with zero attached hydrogens (tertiary/aromatic N) is 4. The molecule has 0 spiro atoms. The lowest BCUT2D eigenvalue weighted by Gasteiger charge is -2.12. The highest BCUT2D eigenvalue weighted by Crippen LogP contribution is 2.24. The van der Waals surface area contributed by atoms with Gasteiger partial charge in [-0.2, -0.15) is 0 Å². The van der Waals surface area contributed by atoms with Crippen LogP contribution in [0.3, 0.4) is 0 Å². The first-order chi connectivity index (χ1) is 16.5. The number of amides is 1. The van der Waals surface area contributed by atoms with Crippen LogP contribution in [0.4, 0.5) is 5.69 Å². The number of benzene rings is 3. The first-order valence-electron chi connectivity index (χ1n) is 10.6. The molecular formula is C25H21N5O3S. The van der Waals surface area contributed by atoms with E-state index >= 15 is 0 Å². The fourth-order valence-electron chi connectivity index (χ4n) is 3.80. The van der Waals surface area contributed by atoms with Gasteiger partial charge in [0, 0.05) is 11.8 Å². The summed E-state index contributed by atoms with van der Waals surface area (Å²) >= 11 is 1.26. The topological polar surface area (TPSA) is 90.5 Å². The van der Waals surface area contributed by atoms with Crippen LogP contribution in [0.2, 0.25) is 0 Å². The van der Waals surface area contributed by atoms with Gasteiger partial charge in [-0.05, 0) is 48.9 Å². The number of fused-ring (bicyclic) bond motifs is 3. The van der Waals surface area contributed by atoms with Crippen molar-refractivity contribution in [2.45, 2.75) is 12.1 Å². The van der Waals surface area contributed by atoms with Gasteiger partial charge in [0.25, 0.3) is 5.56 Å². The van der Waals surface area contributed by atoms with E-state index in [1.807, 2.05) is 67.6 Å². The molecule has 0 atom stereocenters. The Balaban J connectivity index is 1.56. The van der Waals surface area contributed by atoms with Crippen LogP contribution in [0.25, 0.3) is 22.4 Å². The van der Waals surface area contributed by atoms with Crippen molar-refractivity contribution in [1.82, 2.24) is 19.2 Å². The van der Waals surface area contributed by atoms with Gasteiger partial charge in [-0.3, -0.25) is 14.0 Å². The quantitative estimate of drug-likeness (QED) is 0.375. The molecular weight excluding hydrogens is 450 g/mol. The van der Waals surface area contributed by atoms with Crippen molar-refractivity contribution in [3.63, 3.8) is 0 Å². The number of carbonyl (C=O) groups excluding carboxylic acids is 1. The van der Waals surface area contributed by atoms with Gasteiger partial charge in [0.05, 0.1) is 29.5 Å². The van der Waals surface area contributed by atoms with Crippen LogP contribution in [0.1, 0.15) is 5.56 Å². The fraction of sp³-hybridized carbons (Fsp3) is 0.120. The largest absolute Gasteiger partial charge is 0.497 e. The molecule has 0 bridgehead atoms. The number of para-hydroxylation sites is 1. The van der Waals surface area contributed by atoms with E-state index in [-0.39, 0.29) is 17.2 Å². The van der Waals surface area contributed by atoms with Gasteiger partial charge < -0.3 is 10.1 Å². The Morgan fingerprint density at radius 3 is 2.68 bits per heavy atom. The van der Waals surface area contributed by atoms with Crippen molar-refractivity contribution in [3.05, 3.63) is 88.7 Å². The van der Waals surface area contributed by atoms with Crippen LogP contribution < -0.4 is 15.6 Å². The van der Waals surface area contributed by atoms with Crippen molar-refractivity contribution in [1.29, 1.82) is 0 Å². The maximum Gasteiger partial charge on any atom is 0.267 e. The average Bonchev–Trinajstić information content (AvgIpc) is 3.27. The number of methoxy groups -OCH3 is 1. The smallest absolute Gasteiger partial charge is 0.267 e. The van der Waals surface area contributed by atoms with E-state index in [9.17, 15) is 9.59 Å². The zero-order valence-electron chi connectivity index (χ0n) is 18.6. The third kappa shape index (κ3) is 4.01. The number of aryl methyl sites for hydroxylation is 1. The summed E-state index contributed by atoms with van der Waals surface area (Å²) in [5.74, 6) is 0.968. The van der Waals surface area contributed by atoms with Crippen molar-refractivity contribution in [3.8, 4) is 11.4 Å². The Kier molecular flexibility index (Phi) is 5.77. The van der Waals surface area contributed by atoms with Gasteiger partial charge in [-0.15, -0.1) is 10.2 Å². The lowest BCUT2D eigenvalue weighted by atomic mass is 10.2. The van der Waals surface area contributed by atoms with Gasteiger partial charge >= 0.3 is 0 Å². The summed E-state index contributed by atoms with van der Waals surface area (Å²) in [5, 5.41) is 12.6. The van der Waals surface area contributed by atoms with Crippen molar-refractivity contribution in [2.75, 3.05) is 18.2 Å². The highest BCUT2D eigenvalue weighted by atomic mass is 32.2. The number of thioether (sulfide) groups is 1. The standard InChI is InChI=1S/C25H21N5O3S/c1-16-7-5-8-17(13-16)26-22(31)15-34-25-28-27-24-29(18-9-6-10-19(14-18)33-2)23(32)20-11-3-4-12-21(20)30(24)25/h3-14H,15H2,1-2H3,(H,26,31). The number of aromatic nitrogens is 4. The predicted molar refractivity (Wildman–Crippen MR) is 133 cm³/mol. The SMILES string of the molecule is COc1cccc(-n2c(=O)c3ccccc3n3c(SCC(=O)Nc4cccc(C)c4)nnc23)c1. The van der Waals surface area contributed by atoms with Crippen LogP contribution in [-0.2, 0) is 4.79 Å². The van der Waals surface area contributed by atoms with Crippen molar-refractivity contribution >= 4 is 40.0 Å². The molecule has 2 aromatic heterocycles. The molecule has 1 N–H and O–H groups in total. The zero-order valence-corrected chi connectivity index (χ0v) is 19.4. The molecule has 9 heteroatoms. The highest BCUT2D eigenvalue weighted by Gasteiger charge is 2.19.